The number of carbonyl (C=O) groups is 1. The van der Waals surface area contributed by atoms with E-state index in [2.05, 4.69) is 18.3 Å². The third-order valence-electron chi connectivity index (χ3n) is 2.52. The highest BCUT2D eigenvalue weighted by molar-refractivity contribution is 5.85. The minimum absolute atomic E-state index is 0.126. The zero-order valence-electron chi connectivity index (χ0n) is 10.2. The van der Waals surface area contributed by atoms with Gasteiger partial charge in [0.1, 0.15) is 0 Å². The third-order valence-corrected chi connectivity index (χ3v) is 2.52. The summed E-state index contributed by atoms with van der Waals surface area (Å²) in [5, 5.41) is 2.85. The zero-order chi connectivity index (χ0) is 12.2. The van der Waals surface area contributed by atoms with E-state index in [1.165, 1.54) is 5.56 Å². The molecule has 0 heterocycles. The van der Waals surface area contributed by atoms with Gasteiger partial charge in [-0.1, -0.05) is 31.2 Å². The molecule has 0 aliphatic heterocycles. The predicted molar refractivity (Wildman–Crippen MR) is 65.9 cm³/mol. The van der Waals surface area contributed by atoms with Crippen molar-refractivity contribution >= 4 is 5.91 Å². The van der Waals surface area contributed by atoms with Crippen LogP contribution < -0.4 is 11.1 Å². The molecular weight excluding hydrogens is 200 g/mol. The lowest BCUT2D eigenvalue weighted by atomic mass is 10.0. The number of benzene rings is 1. The van der Waals surface area contributed by atoms with E-state index in [-0.39, 0.29) is 5.91 Å². The van der Waals surface area contributed by atoms with E-state index in [1.807, 2.05) is 18.2 Å². The molecule has 0 aliphatic rings. The van der Waals surface area contributed by atoms with Gasteiger partial charge in [-0.25, -0.2) is 0 Å². The highest BCUT2D eigenvalue weighted by atomic mass is 16.2. The zero-order valence-corrected chi connectivity index (χ0v) is 10.2. The van der Waals surface area contributed by atoms with Crippen LogP contribution in [-0.4, -0.2) is 11.4 Å². The monoisotopic (exact) mass is 220 g/mol. The van der Waals surface area contributed by atoms with Gasteiger partial charge in [0.15, 0.2) is 0 Å². The van der Waals surface area contributed by atoms with Gasteiger partial charge in [-0.3, -0.25) is 4.79 Å². The minimum atomic E-state index is -0.818. The first-order chi connectivity index (χ1) is 7.45. The summed E-state index contributed by atoms with van der Waals surface area (Å²) in [5.41, 5.74) is 7.30. The van der Waals surface area contributed by atoms with Crippen LogP contribution in [0.15, 0.2) is 24.3 Å². The molecule has 0 radical (unpaired) electrons. The molecule has 1 amide bonds. The Kier molecular flexibility index (Phi) is 4.07. The van der Waals surface area contributed by atoms with Crippen molar-refractivity contribution in [3.05, 3.63) is 35.4 Å². The third kappa shape index (κ3) is 3.35. The molecular formula is C13H20N2O. The fraction of sp³-hybridized carbons (Fsp3) is 0.462. The molecule has 0 bridgehead atoms. The van der Waals surface area contributed by atoms with Crippen LogP contribution in [0.2, 0.25) is 0 Å². The lowest BCUT2D eigenvalue weighted by Crippen LogP contribution is -2.48. The fourth-order valence-electron chi connectivity index (χ4n) is 1.48. The Balaban J connectivity index is 2.65. The molecule has 3 heteroatoms. The second-order valence-corrected chi connectivity index (χ2v) is 4.53. The molecule has 0 aromatic heterocycles. The molecule has 0 saturated heterocycles. The van der Waals surface area contributed by atoms with Crippen LogP contribution in [0.5, 0.6) is 0 Å². The average Bonchev–Trinajstić information content (AvgIpc) is 2.24. The molecule has 88 valence electrons. The lowest BCUT2D eigenvalue weighted by Gasteiger charge is -2.18. The summed E-state index contributed by atoms with van der Waals surface area (Å²) in [7, 11) is 0. The van der Waals surface area contributed by atoms with Gasteiger partial charge in [0, 0.05) is 6.54 Å². The second-order valence-electron chi connectivity index (χ2n) is 4.53. The van der Waals surface area contributed by atoms with Crippen molar-refractivity contribution in [2.45, 2.75) is 39.3 Å². The number of nitrogens with two attached hydrogens (primary N) is 1. The van der Waals surface area contributed by atoms with Crippen molar-refractivity contribution in [2.75, 3.05) is 0 Å². The first-order valence-corrected chi connectivity index (χ1v) is 5.59. The maximum absolute atomic E-state index is 11.6. The molecule has 16 heavy (non-hydrogen) atoms. The van der Waals surface area contributed by atoms with E-state index in [1.54, 1.807) is 13.8 Å². The number of carbonyl (C=O) groups excluding carboxylic acids is 1. The minimum Gasteiger partial charge on any atom is -0.350 e. The fourth-order valence-corrected chi connectivity index (χ4v) is 1.48. The topological polar surface area (TPSA) is 55.1 Å². The number of amides is 1. The molecule has 0 spiro atoms. The van der Waals surface area contributed by atoms with Crippen LogP contribution in [0.25, 0.3) is 0 Å². The number of hydrogen-bond acceptors (Lipinski definition) is 2. The standard InChI is InChI=1S/C13H20N2O/c1-4-10-7-5-6-8-11(10)9-15-12(16)13(2,3)14/h5-8H,4,9,14H2,1-3H3,(H,15,16). The maximum atomic E-state index is 11.6. The van der Waals surface area contributed by atoms with Crippen molar-refractivity contribution < 1.29 is 4.79 Å². The summed E-state index contributed by atoms with van der Waals surface area (Å²) in [6.45, 7) is 6.05. The summed E-state index contributed by atoms with van der Waals surface area (Å²) < 4.78 is 0. The maximum Gasteiger partial charge on any atom is 0.239 e. The van der Waals surface area contributed by atoms with Crippen molar-refractivity contribution in [2.24, 2.45) is 5.73 Å². The van der Waals surface area contributed by atoms with Crippen LogP contribution >= 0.6 is 0 Å². The lowest BCUT2D eigenvalue weighted by molar-refractivity contribution is -0.125. The van der Waals surface area contributed by atoms with Gasteiger partial charge in [0.2, 0.25) is 5.91 Å². The van der Waals surface area contributed by atoms with Gasteiger partial charge in [0.05, 0.1) is 5.54 Å². The Labute approximate surface area is 97.0 Å². The largest absolute Gasteiger partial charge is 0.350 e. The highest BCUT2D eigenvalue weighted by Crippen LogP contribution is 2.09. The molecule has 1 rings (SSSR count). The molecule has 3 nitrogen and oxygen atoms in total. The van der Waals surface area contributed by atoms with E-state index in [4.69, 9.17) is 5.73 Å². The van der Waals surface area contributed by atoms with Crippen LogP contribution in [0.1, 0.15) is 31.9 Å². The van der Waals surface area contributed by atoms with Gasteiger partial charge in [-0.15, -0.1) is 0 Å². The summed E-state index contributed by atoms with van der Waals surface area (Å²) >= 11 is 0. The SMILES string of the molecule is CCc1ccccc1CNC(=O)C(C)(C)N. The molecule has 0 saturated carbocycles. The van der Waals surface area contributed by atoms with E-state index >= 15 is 0 Å². The molecule has 0 atom stereocenters. The Morgan fingerprint density at radius 3 is 2.38 bits per heavy atom. The molecule has 0 unspecified atom stereocenters. The Morgan fingerprint density at radius 1 is 1.31 bits per heavy atom. The molecule has 0 aliphatic carbocycles. The van der Waals surface area contributed by atoms with Crippen molar-refractivity contribution in [3.63, 3.8) is 0 Å². The number of hydrogen-bond donors (Lipinski definition) is 2. The van der Waals surface area contributed by atoms with Gasteiger partial charge < -0.3 is 11.1 Å². The summed E-state index contributed by atoms with van der Waals surface area (Å²) in [4.78, 5) is 11.6. The molecule has 0 fully saturated rings. The normalized spacial score (nSPS) is 11.2. The second kappa shape index (κ2) is 5.12. The van der Waals surface area contributed by atoms with Crippen molar-refractivity contribution in [1.82, 2.24) is 5.32 Å². The predicted octanol–water partition coefficient (Wildman–Crippen LogP) is 1.60. The molecule has 3 N–H and O–H groups in total. The number of nitrogens with one attached hydrogen (secondary N) is 1. The summed E-state index contributed by atoms with van der Waals surface area (Å²) in [5.74, 6) is -0.126. The Bertz CT molecular complexity index is 366. The van der Waals surface area contributed by atoms with Crippen LogP contribution in [0.3, 0.4) is 0 Å². The Hall–Kier alpha value is -1.35. The Morgan fingerprint density at radius 2 is 1.88 bits per heavy atom. The van der Waals surface area contributed by atoms with Gasteiger partial charge in [-0.2, -0.15) is 0 Å². The first kappa shape index (κ1) is 12.7. The first-order valence-electron chi connectivity index (χ1n) is 5.59. The van der Waals surface area contributed by atoms with E-state index in [0.29, 0.717) is 6.54 Å². The summed E-state index contributed by atoms with van der Waals surface area (Å²) in [6, 6.07) is 8.10. The summed E-state index contributed by atoms with van der Waals surface area (Å²) in [6.07, 6.45) is 0.970. The van der Waals surface area contributed by atoms with Crippen LogP contribution in [-0.2, 0) is 17.8 Å². The average molecular weight is 220 g/mol. The van der Waals surface area contributed by atoms with E-state index < -0.39 is 5.54 Å². The smallest absolute Gasteiger partial charge is 0.239 e. The van der Waals surface area contributed by atoms with Crippen LogP contribution in [0.4, 0.5) is 0 Å². The van der Waals surface area contributed by atoms with Crippen LogP contribution in [0, 0.1) is 0 Å². The number of aryl methyl sites for hydroxylation is 1. The number of rotatable bonds is 4. The van der Waals surface area contributed by atoms with Crippen molar-refractivity contribution in [1.29, 1.82) is 0 Å². The van der Waals surface area contributed by atoms with Gasteiger partial charge in [-0.05, 0) is 31.4 Å². The van der Waals surface area contributed by atoms with Gasteiger partial charge in [0.25, 0.3) is 0 Å². The molecule has 1 aromatic carbocycles. The van der Waals surface area contributed by atoms with Crippen molar-refractivity contribution in [3.8, 4) is 0 Å². The molecule has 1 aromatic rings. The quantitative estimate of drug-likeness (QED) is 0.810. The highest BCUT2D eigenvalue weighted by Gasteiger charge is 2.21. The van der Waals surface area contributed by atoms with E-state index in [9.17, 15) is 4.79 Å². The van der Waals surface area contributed by atoms with E-state index in [0.717, 1.165) is 12.0 Å². The van der Waals surface area contributed by atoms with Gasteiger partial charge >= 0.3 is 0 Å².